The molecule has 0 heterocycles. The number of nitrogens with zero attached hydrogens (tertiary/aromatic N) is 1. The fourth-order valence-electron chi connectivity index (χ4n) is 5.04. The third kappa shape index (κ3) is 39.9. The molecule has 0 spiro atoms. The second kappa shape index (κ2) is 38.1. The zero-order valence-corrected chi connectivity index (χ0v) is 29.4. The summed E-state index contributed by atoms with van der Waals surface area (Å²) in [7, 11) is -4.11. The third-order valence-corrected chi connectivity index (χ3v) is 8.74. The summed E-state index contributed by atoms with van der Waals surface area (Å²) in [5.74, 6) is 0. The fourth-order valence-corrected chi connectivity index (χ4v) is 5.82. The summed E-state index contributed by atoms with van der Waals surface area (Å²) in [6, 6.07) is 0. The molecule has 0 radical (unpaired) electrons. The minimum Gasteiger partial charge on any atom is -0.756 e. The Morgan fingerprint density at radius 1 is 0.465 bits per heavy atom. The minimum absolute atomic E-state index is 0.0694. The van der Waals surface area contributed by atoms with E-state index < -0.39 is 7.82 Å². The van der Waals surface area contributed by atoms with Gasteiger partial charge in [0, 0.05) is 19.6 Å². The lowest BCUT2D eigenvalue weighted by Gasteiger charge is -2.22. The second-order valence-electron chi connectivity index (χ2n) is 11.9. The van der Waals surface area contributed by atoms with Crippen molar-refractivity contribution in [3.8, 4) is 0 Å². The van der Waals surface area contributed by atoms with Crippen LogP contribution in [0.1, 0.15) is 168 Å². The van der Waals surface area contributed by atoms with Gasteiger partial charge in [-0.1, -0.05) is 155 Å². The van der Waals surface area contributed by atoms with E-state index in [-0.39, 0.29) is 33.0 Å². The number of unbranched alkanes of at least 4 members (excludes halogenated alkanes) is 22. The molecule has 0 saturated carbocycles. The molecule has 0 aliphatic rings. The van der Waals surface area contributed by atoms with Gasteiger partial charge in [0.25, 0.3) is 7.82 Å². The fraction of sp³-hybridized carbons (Fsp3) is 1.00. The van der Waals surface area contributed by atoms with Crippen molar-refractivity contribution in [2.75, 3.05) is 52.7 Å². The quantitative estimate of drug-likeness (QED) is 0.0477. The lowest BCUT2D eigenvalue weighted by molar-refractivity contribution is -0.225. The Bertz CT molecular complexity index is 509. The zero-order valence-electron chi connectivity index (χ0n) is 28.5. The number of aliphatic hydroxyl groups excluding tert-OH is 3. The molecule has 9 heteroatoms. The first-order valence-electron chi connectivity index (χ1n) is 18.1. The first kappa shape index (κ1) is 45.1. The number of hydrogen-bond acceptors (Lipinski definition) is 8. The average Bonchev–Trinajstić information content (AvgIpc) is 2.98. The molecule has 262 valence electrons. The van der Waals surface area contributed by atoms with E-state index in [0.29, 0.717) is 19.6 Å². The highest BCUT2D eigenvalue weighted by Crippen LogP contribution is 2.38. The predicted molar refractivity (Wildman–Crippen MR) is 179 cm³/mol. The van der Waals surface area contributed by atoms with Gasteiger partial charge >= 0.3 is 0 Å². The van der Waals surface area contributed by atoms with E-state index in [1.54, 1.807) is 4.90 Å². The van der Waals surface area contributed by atoms with Gasteiger partial charge in [0.1, 0.15) is 0 Å². The highest BCUT2D eigenvalue weighted by atomic mass is 31.2. The van der Waals surface area contributed by atoms with Gasteiger partial charge in [0.05, 0.1) is 33.0 Å². The van der Waals surface area contributed by atoms with Crippen LogP contribution in [0.3, 0.4) is 0 Å². The molecule has 0 unspecified atom stereocenters. The van der Waals surface area contributed by atoms with Gasteiger partial charge < -0.3 is 29.3 Å². The van der Waals surface area contributed by atoms with Gasteiger partial charge in [0.2, 0.25) is 0 Å². The summed E-state index contributed by atoms with van der Waals surface area (Å²) in [4.78, 5) is 13.6. The molecule has 43 heavy (non-hydrogen) atoms. The van der Waals surface area contributed by atoms with Crippen LogP contribution < -0.4 is 4.89 Å². The Labute approximate surface area is 267 Å². The van der Waals surface area contributed by atoms with Crippen LogP contribution in [0, 0.1) is 0 Å². The minimum atomic E-state index is -4.11. The van der Waals surface area contributed by atoms with Crippen molar-refractivity contribution in [2.45, 2.75) is 168 Å². The number of aliphatic hydroxyl groups is 3. The molecule has 0 aromatic rings. The molecule has 0 bridgehead atoms. The van der Waals surface area contributed by atoms with Gasteiger partial charge in [-0.3, -0.25) is 9.46 Å². The predicted octanol–water partition coefficient (Wildman–Crippen LogP) is 8.16. The third-order valence-electron chi connectivity index (χ3n) is 7.74. The van der Waals surface area contributed by atoms with Crippen molar-refractivity contribution in [2.24, 2.45) is 0 Å². The van der Waals surface area contributed by atoms with E-state index in [4.69, 9.17) is 24.4 Å². The van der Waals surface area contributed by atoms with Crippen LogP contribution in [0.2, 0.25) is 0 Å². The van der Waals surface area contributed by atoms with E-state index >= 15 is 0 Å². The molecule has 8 nitrogen and oxygen atoms in total. The molecule has 0 fully saturated rings. The van der Waals surface area contributed by atoms with Crippen molar-refractivity contribution >= 4 is 7.82 Å². The molecule has 0 atom stereocenters. The summed E-state index contributed by atoms with van der Waals surface area (Å²) in [5, 5.41) is 25.5. The van der Waals surface area contributed by atoms with E-state index in [2.05, 4.69) is 13.8 Å². The maximum Gasteiger partial charge on any atom is 0.267 e. The molecule has 0 aromatic heterocycles. The van der Waals surface area contributed by atoms with E-state index in [0.717, 1.165) is 25.7 Å². The molecular formula is C34H73NO7P-. The molecule has 0 rings (SSSR count). The Kier molecular flexibility index (Phi) is 40.0. The summed E-state index contributed by atoms with van der Waals surface area (Å²) < 4.78 is 21.8. The lowest BCUT2D eigenvalue weighted by atomic mass is 10.1. The van der Waals surface area contributed by atoms with E-state index in [1.165, 1.54) is 128 Å². The van der Waals surface area contributed by atoms with Gasteiger partial charge in [-0.15, -0.1) is 0 Å². The smallest absolute Gasteiger partial charge is 0.267 e. The Morgan fingerprint density at radius 3 is 0.930 bits per heavy atom. The molecule has 0 aliphatic heterocycles. The van der Waals surface area contributed by atoms with Crippen LogP contribution in [0.4, 0.5) is 0 Å². The summed E-state index contributed by atoms with van der Waals surface area (Å²) >= 11 is 0. The first-order chi connectivity index (χ1) is 21.0. The molecule has 0 aliphatic carbocycles. The van der Waals surface area contributed by atoms with E-state index in [1.807, 2.05) is 0 Å². The maximum atomic E-state index is 11.8. The average molecular weight is 639 g/mol. The number of phosphoric acid groups is 1. The van der Waals surface area contributed by atoms with Gasteiger partial charge in [-0.05, 0) is 12.8 Å². The van der Waals surface area contributed by atoms with Crippen molar-refractivity contribution < 1.29 is 33.8 Å². The van der Waals surface area contributed by atoms with Crippen molar-refractivity contribution in [1.29, 1.82) is 0 Å². The number of phosphoric ester groups is 1. The Hall–Kier alpha value is -0.0500. The van der Waals surface area contributed by atoms with Crippen LogP contribution in [0.25, 0.3) is 0 Å². The normalized spacial score (nSPS) is 11.7. The molecule has 0 aromatic carbocycles. The molecule has 0 saturated heterocycles. The van der Waals surface area contributed by atoms with Crippen molar-refractivity contribution in [1.82, 2.24) is 4.90 Å². The van der Waals surface area contributed by atoms with Crippen LogP contribution in [-0.2, 0) is 13.6 Å². The number of rotatable bonds is 34. The van der Waals surface area contributed by atoms with Crippen molar-refractivity contribution in [3.05, 3.63) is 0 Å². The monoisotopic (exact) mass is 639 g/mol. The van der Waals surface area contributed by atoms with Crippen LogP contribution in [0.15, 0.2) is 0 Å². The van der Waals surface area contributed by atoms with Crippen molar-refractivity contribution in [3.63, 3.8) is 0 Å². The summed E-state index contributed by atoms with van der Waals surface area (Å²) in [6.07, 6.45) is 30.2. The van der Waals surface area contributed by atoms with Gasteiger partial charge in [-0.25, -0.2) is 0 Å². The Balaban J connectivity index is 0. The largest absolute Gasteiger partial charge is 0.756 e. The number of hydrogen-bond donors (Lipinski definition) is 3. The van der Waals surface area contributed by atoms with Crippen LogP contribution >= 0.6 is 7.82 Å². The zero-order chi connectivity index (χ0) is 32.1. The maximum absolute atomic E-state index is 11.8. The first-order valence-corrected chi connectivity index (χ1v) is 19.6. The summed E-state index contributed by atoms with van der Waals surface area (Å²) in [6.45, 7) is 6.79. The van der Waals surface area contributed by atoms with Gasteiger partial charge in [-0.2, -0.15) is 0 Å². The lowest BCUT2D eigenvalue weighted by Crippen LogP contribution is -2.32. The van der Waals surface area contributed by atoms with E-state index in [9.17, 15) is 9.46 Å². The highest BCUT2D eigenvalue weighted by Gasteiger charge is 2.08. The molecular weight excluding hydrogens is 565 g/mol. The SMILES string of the molecule is CCCCCCCCCCCCCCOP(=O)([O-])OCCCCCCCCCCCCCC.OCCN(CCO)CCO. The van der Waals surface area contributed by atoms with Crippen LogP contribution in [0.5, 0.6) is 0 Å². The summed E-state index contributed by atoms with van der Waals surface area (Å²) in [5.41, 5.74) is 0. The van der Waals surface area contributed by atoms with Gasteiger partial charge in [0.15, 0.2) is 0 Å². The standard InChI is InChI=1S/C28H59O4P.C6H15NO3/c1-3-5-7-9-11-13-15-17-19-21-23-25-27-31-33(29,30)32-28-26-24-22-20-18-16-14-12-10-8-6-4-2;8-4-1-7(2-5-9)3-6-10/h3-28H2,1-2H3,(H,29,30);8-10H,1-6H2/p-1. The topological polar surface area (TPSA) is 123 Å². The highest BCUT2D eigenvalue weighted by molar-refractivity contribution is 7.45. The Morgan fingerprint density at radius 2 is 0.698 bits per heavy atom. The molecule has 3 N–H and O–H groups in total. The molecule has 0 amide bonds. The van der Waals surface area contributed by atoms with Crippen LogP contribution in [-0.4, -0.2) is 72.9 Å². The second-order valence-corrected chi connectivity index (χ2v) is 13.3.